The highest BCUT2D eigenvalue weighted by Crippen LogP contribution is 2.51. The molecular weight excluding hydrogens is 534 g/mol. The number of fused-ring (bicyclic) bond motifs is 1. The number of β-amino-alcohol motifs (C(OH)–C–C–N with tert-alkyl or cyclic N) is 1. The molecule has 0 saturated heterocycles. The Labute approximate surface area is 255 Å². The van der Waals surface area contributed by atoms with Crippen molar-refractivity contribution in [3.63, 3.8) is 0 Å². The standard InChI is InChI=1S/C35H52ClNO4/c1-20(2)25(7)41-32(38)26(8)40-31-22(4)18-27-16-17-35(12,33(9,10)30(27)24(31)6)37(13)19-34(11,39)29-21(3)14-15-28(36)23(29)5/h14-15,18,20,25-26,39H,16-17,19H2,1-13H3/t25?,26?,34-,35-/m0/s1/i18D. The smallest absolute Gasteiger partial charge is 0.347 e. The molecule has 0 fully saturated rings. The van der Waals surface area contributed by atoms with Gasteiger partial charge in [0.25, 0.3) is 0 Å². The van der Waals surface area contributed by atoms with E-state index >= 15 is 0 Å². The summed E-state index contributed by atoms with van der Waals surface area (Å²) >= 11 is 6.48. The molecule has 0 heterocycles. The Morgan fingerprint density at radius 3 is 2.32 bits per heavy atom. The molecule has 6 heteroatoms. The highest BCUT2D eigenvalue weighted by atomic mass is 35.5. The molecule has 0 amide bonds. The lowest BCUT2D eigenvalue weighted by molar-refractivity contribution is -0.157. The van der Waals surface area contributed by atoms with E-state index in [1.54, 1.807) is 6.92 Å². The van der Waals surface area contributed by atoms with Crippen LogP contribution in [0.15, 0.2) is 18.2 Å². The molecule has 1 N–H and O–H groups in total. The van der Waals surface area contributed by atoms with Gasteiger partial charge in [-0.15, -0.1) is 0 Å². The van der Waals surface area contributed by atoms with E-state index < -0.39 is 23.1 Å². The first-order valence-electron chi connectivity index (χ1n) is 15.4. The number of halogens is 1. The summed E-state index contributed by atoms with van der Waals surface area (Å²) in [6, 6.07) is 4.31. The summed E-state index contributed by atoms with van der Waals surface area (Å²) in [6.45, 7) is 24.5. The third-order valence-corrected chi connectivity index (χ3v) is 10.3. The van der Waals surface area contributed by atoms with E-state index in [0.29, 0.717) is 23.4 Å². The number of hydrogen-bond donors (Lipinski definition) is 1. The van der Waals surface area contributed by atoms with Gasteiger partial charge in [0.05, 0.1) is 1.37 Å². The minimum absolute atomic E-state index is 0.205. The maximum atomic E-state index is 12.9. The molecule has 1 aliphatic rings. The number of ether oxygens (including phenoxy) is 2. The molecule has 1 aliphatic carbocycles. The molecule has 0 aliphatic heterocycles. The van der Waals surface area contributed by atoms with Gasteiger partial charge in [0.1, 0.15) is 17.5 Å². The molecule has 0 spiro atoms. The van der Waals surface area contributed by atoms with Crippen LogP contribution in [0.4, 0.5) is 0 Å². The van der Waals surface area contributed by atoms with E-state index in [9.17, 15) is 9.90 Å². The van der Waals surface area contributed by atoms with Crippen LogP contribution in [0.1, 0.15) is 102 Å². The second-order valence-electron chi connectivity index (χ2n) is 13.6. The van der Waals surface area contributed by atoms with Crippen LogP contribution in [0.25, 0.3) is 0 Å². The van der Waals surface area contributed by atoms with Crippen molar-refractivity contribution >= 4 is 17.6 Å². The number of rotatable bonds is 9. The first-order valence-corrected chi connectivity index (χ1v) is 15.3. The molecule has 41 heavy (non-hydrogen) atoms. The fourth-order valence-electron chi connectivity index (χ4n) is 6.80. The summed E-state index contributed by atoms with van der Waals surface area (Å²) in [5.41, 5.74) is 4.68. The van der Waals surface area contributed by atoms with Gasteiger partial charge in [0.15, 0.2) is 6.10 Å². The number of carbonyl (C=O) groups excluding carboxylic acids is 1. The highest BCUT2D eigenvalue weighted by Gasteiger charge is 2.51. The lowest BCUT2D eigenvalue weighted by Crippen LogP contribution is -2.61. The van der Waals surface area contributed by atoms with Crippen LogP contribution in [0, 0.1) is 33.6 Å². The second-order valence-corrected chi connectivity index (χ2v) is 14.0. The number of likely N-dealkylation sites (N-methyl/N-ethyl adjacent to an activating group) is 1. The third-order valence-electron chi connectivity index (χ3n) is 9.93. The van der Waals surface area contributed by atoms with Crippen LogP contribution in [-0.4, -0.2) is 47.3 Å². The van der Waals surface area contributed by atoms with Crippen molar-refractivity contribution in [2.75, 3.05) is 13.6 Å². The molecule has 228 valence electrons. The number of aliphatic hydroxyl groups is 1. The van der Waals surface area contributed by atoms with E-state index in [2.05, 4.69) is 32.7 Å². The minimum atomic E-state index is -1.13. The van der Waals surface area contributed by atoms with Crippen LogP contribution in [0.5, 0.6) is 5.75 Å². The summed E-state index contributed by atoms with van der Waals surface area (Å²) in [4.78, 5) is 15.1. The molecule has 0 aromatic heterocycles. The normalized spacial score (nSPS) is 21.6. The van der Waals surface area contributed by atoms with E-state index in [1.807, 2.05) is 67.5 Å². The molecule has 0 radical (unpaired) electrons. The first kappa shape index (κ1) is 31.8. The number of benzene rings is 2. The lowest BCUT2D eigenvalue weighted by atomic mass is 9.59. The van der Waals surface area contributed by atoms with Crippen LogP contribution >= 0.6 is 11.6 Å². The molecule has 2 aromatic carbocycles. The van der Waals surface area contributed by atoms with Crippen molar-refractivity contribution < 1.29 is 20.7 Å². The molecule has 3 rings (SSSR count). The van der Waals surface area contributed by atoms with E-state index in [4.69, 9.17) is 22.4 Å². The second kappa shape index (κ2) is 11.9. The van der Waals surface area contributed by atoms with E-state index in [1.165, 1.54) is 0 Å². The zero-order chi connectivity index (χ0) is 32.1. The van der Waals surface area contributed by atoms with Gasteiger partial charge in [-0.1, -0.05) is 51.4 Å². The zero-order valence-electron chi connectivity index (χ0n) is 28.5. The predicted octanol–water partition coefficient (Wildman–Crippen LogP) is 7.75. The van der Waals surface area contributed by atoms with Crippen LogP contribution in [-0.2, 0) is 27.0 Å². The molecule has 5 nitrogen and oxygen atoms in total. The van der Waals surface area contributed by atoms with Crippen molar-refractivity contribution in [2.45, 2.75) is 125 Å². The van der Waals surface area contributed by atoms with Gasteiger partial charge in [-0.25, -0.2) is 4.79 Å². The highest BCUT2D eigenvalue weighted by molar-refractivity contribution is 6.31. The van der Waals surface area contributed by atoms with Gasteiger partial charge >= 0.3 is 5.97 Å². The van der Waals surface area contributed by atoms with E-state index in [-0.39, 0.29) is 17.6 Å². The number of carbonyl (C=O) groups is 1. The molecule has 0 bridgehead atoms. The van der Waals surface area contributed by atoms with Gasteiger partial charge in [0.2, 0.25) is 0 Å². The fourth-order valence-corrected chi connectivity index (χ4v) is 6.96. The number of nitrogens with zero attached hydrogens (tertiary/aromatic N) is 1. The average Bonchev–Trinajstić information content (AvgIpc) is 2.88. The summed E-state index contributed by atoms with van der Waals surface area (Å²) in [6.07, 6.45) is 0.545. The van der Waals surface area contributed by atoms with Crippen molar-refractivity contribution in [3.05, 3.63) is 62.1 Å². The molecule has 2 aromatic rings. The number of hydrogen-bond acceptors (Lipinski definition) is 5. The fraction of sp³-hybridized carbons (Fsp3) is 0.629. The van der Waals surface area contributed by atoms with Gasteiger partial charge < -0.3 is 14.6 Å². The summed E-state index contributed by atoms with van der Waals surface area (Å²) in [7, 11) is 2.08. The average molecular weight is 587 g/mol. The van der Waals surface area contributed by atoms with Crippen LogP contribution in [0.2, 0.25) is 5.02 Å². The summed E-state index contributed by atoms with van der Waals surface area (Å²) in [5, 5.41) is 12.5. The largest absolute Gasteiger partial charge is 0.478 e. The van der Waals surface area contributed by atoms with Crippen molar-refractivity contribution in [2.24, 2.45) is 5.92 Å². The topological polar surface area (TPSA) is 59.0 Å². The van der Waals surface area contributed by atoms with Gasteiger partial charge in [0, 0.05) is 22.5 Å². The monoisotopic (exact) mass is 586 g/mol. The Morgan fingerprint density at radius 1 is 1.12 bits per heavy atom. The Morgan fingerprint density at radius 2 is 1.73 bits per heavy atom. The van der Waals surface area contributed by atoms with Gasteiger partial charge in [-0.05, 0) is 126 Å². The van der Waals surface area contributed by atoms with Gasteiger partial charge in [-0.3, -0.25) is 4.90 Å². The minimum Gasteiger partial charge on any atom is -0.478 e. The Bertz CT molecular complexity index is 1350. The van der Waals surface area contributed by atoms with Crippen LogP contribution in [0.3, 0.4) is 0 Å². The first-order chi connectivity index (χ1) is 19.2. The van der Waals surface area contributed by atoms with E-state index in [0.717, 1.165) is 51.8 Å². The number of aryl methyl sites for hydroxylation is 1. The quantitative estimate of drug-likeness (QED) is 0.304. The molecule has 0 saturated carbocycles. The van der Waals surface area contributed by atoms with Crippen LogP contribution < -0.4 is 4.74 Å². The SMILES string of the molecule is [2H]c1c(C)c(OC(C)C(=O)OC(C)C(C)C)c(C)c2c1CC[C@](C)(N(C)C[C@](C)(O)c1c(C)ccc(Cl)c1C)C2(C)C. The predicted molar refractivity (Wildman–Crippen MR) is 169 cm³/mol. The summed E-state index contributed by atoms with van der Waals surface area (Å²) < 4.78 is 21.0. The molecule has 4 atom stereocenters. The Balaban J connectivity index is 2.02. The maximum Gasteiger partial charge on any atom is 0.347 e. The Hall–Kier alpha value is -2.08. The molecule has 2 unspecified atom stereocenters. The lowest BCUT2D eigenvalue weighted by Gasteiger charge is -2.56. The number of esters is 1. The van der Waals surface area contributed by atoms with Crippen molar-refractivity contribution in [1.29, 1.82) is 0 Å². The van der Waals surface area contributed by atoms with Crippen molar-refractivity contribution in [1.82, 2.24) is 4.90 Å². The third kappa shape index (κ3) is 6.19. The maximum absolute atomic E-state index is 12.9. The van der Waals surface area contributed by atoms with Crippen molar-refractivity contribution in [3.8, 4) is 5.75 Å². The molecular formula is C35H52ClNO4. The zero-order valence-corrected chi connectivity index (χ0v) is 28.3. The van der Waals surface area contributed by atoms with Gasteiger partial charge in [-0.2, -0.15) is 0 Å². The Kier molecular flexibility index (Phi) is 9.24. The summed E-state index contributed by atoms with van der Waals surface area (Å²) in [5.74, 6) is 0.380.